The number of ether oxygens (including phenoxy) is 1. The van der Waals surface area contributed by atoms with Crippen LogP contribution in [0.1, 0.15) is 24.8 Å². The summed E-state index contributed by atoms with van der Waals surface area (Å²) < 4.78 is 5.19. The summed E-state index contributed by atoms with van der Waals surface area (Å²) in [6, 6.07) is 12.1. The Hall–Kier alpha value is -2.69. The zero-order valence-electron chi connectivity index (χ0n) is 13.4. The molecular weight excluding hydrogens is 288 g/mol. The van der Waals surface area contributed by atoms with E-state index in [1.165, 1.54) is 5.56 Å². The highest BCUT2D eigenvalue weighted by molar-refractivity contribution is 5.71. The molecule has 0 saturated heterocycles. The van der Waals surface area contributed by atoms with Crippen molar-refractivity contribution < 1.29 is 4.74 Å². The van der Waals surface area contributed by atoms with E-state index in [1.54, 1.807) is 19.5 Å². The van der Waals surface area contributed by atoms with Gasteiger partial charge in [-0.3, -0.25) is 4.98 Å². The van der Waals surface area contributed by atoms with Gasteiger partial charge in [0.05, 0.1) is 7.11 Å². The third kappa shape index (κ3) is 3.74. The van der Waals surface area contributed by atoms with Crippen LogP contribution in [0, 0.1) is 0 Å². The summed E-state index contributed by atoms with van der Waals surface area (Å²) in [5.74, 6) is 2.19. The molecule has 2 heterocycles. The number of hydrogen-bond acceptors (Lipinski definition) is 5. The fourth-order valence-electron chi connectivity index (χ4n) is 2.47. The molecule has 3 aromatic rings. The molecule has 0 radical (unpaired) electrons. The molecule has 5 nitrogen and oxygen atoms in total. The number of benzene rings is 1. The smallest absolute Gasteiger partial charge is 0.180 e. The lowest BCUT2D eigenvalue weighted by Crippen LogP contribution is -2.07. The van der Waals surface area contributed by atoms with Crippen LogP contribution in [0.15, 0.2) is 48.8 Å². The summed E-state index contributed by atoms with van der Waals surface area (Å²) in [5, 5.41) is 3.36. The van der Waals surface area contributed by atoms with Crippen molar-refractivity contribution in [1.29, 1.82) is 0 Å². The van der Waals surface area contributed by atoms with E-state index in [4.69, 9.17) is 4.74 Å². The molecule has 0 fully saturated rings. The molecule has 1 N–H and O–H groups in total. The van der Waals surface area contributed by atoms with Gasteiger partial charge in [-0.1, -0.05) is 19.1 Å². The van der Waals surface area contributed by atoms with Crippen molar-refractivity contribution in [3.63, 3.8) is 0 Å². The van der Waals surface area contributed by atoms with Crippen LogP contribution >= 0.6 is 0 Å². The first kappa shape index (κ1) is 15.2. The van der Waals surface area contributed by atoms with Gasteiger partial charge in [-0.25, -0.2) is 9.97 Å². The Bertz CT molecular complexity index is 773. The van der Waals surface area contributed by atoms with Gasteiger partial charge in [0.1, 0.15) is 17.1 Å². The standard InChI is InChI=1S/C18H20N4O/c1-13(14-3-5-15(23-2)6-4-14)9-10-20-17-8-7-16-18(22-17)21-12-11-19-16/h3-8,11-13H,9-10H2,1-2H3,(H,20,21,22). The molecule has 0 aliphatic carbocycles. The van der Waals surface area contributed by atoms with Gasteiger partial charge in [-0.05, 0) is 42.2 Å². The Morgan fingerprint density at radius 3 is 2.61 bits per heavy atom. The van der Waals surface area contributed by atoms with Gasteiger partial charge in [-0.2, -0.15) is 0 Å². The SMILES string of the molecule is COc1ccc(C(C)CCNc2ccc3nccnc3n2)cc1. The van der Waals surface area contributed by atoms with E-state index in [0.29, 0.717) is 11.6 Å². The quantitative estimate of drug-likeness (QED) is 0.753. The number of pyridine rings is 1. The van der Waals surface area contributed by atoms with E-state index < -0.39 is 0 Å². The number of nitrogens with zero attached hydrogens (tertiary/aromatic N) is 3. The zero-order chi connectivity index (χ0) is 16.1. The molecule has 0 bridgehead atoms. The van der Waals surface area contributed by atoms with Gasteiger partial charge >= 0.3 is 0 Å². The van der Waals surface area contributed by atoms with Crippen LogP contribution in [0.5, 0.6) is 5.75 Å². The largest absolute Gasteiger partial charge is 0.497 e. The van der Waals surface area contributed by atoms with Gasteiger partial charge < -0.3 is 10.1 Å². The normalized spacial score (nSPS) is 12.1. The summed E-state index contributed by atoms with van der Waals surface area (Å²) in [4.78, 5) is 12.9. The van der Waals surface area contributed by atoms with Gasteiger partial charge in [0.25, 0.3) is 0 Å². The highest BCUT2D eigenvalue weighted by Crippen LogP contribution is 2.22. The lowest BCUT2D eigenvalue weighted by Gasteiger charge is -2.13. The maximum absolute atomic E-state index is 5.19. The first-order valence-corrected chi connectivity index (χ1v) is 7.72. The van der Waals surface area contributed by atoms with Crippen LogP contribution in [0.3, 0.4) is 0 Å². The number of fused-ring (bicyclic) bond motifs is 1. The van der Waals surface area contributed by atoms with E-state index in [2.05, 4.69) is 39.3 Å². The number of rotatable bonds is 6. The fraction of sp³-hybridized carbons (Fsp3) is 0.278. The summed E-state index contributed by atoms with van der Waals surface area (Å²) in [7, 11) is 1.68. The van der Waals surface area contributed by atoms with Crippen LogP contribution in [0.25, 0.3) is 11.2 Å². The van der Waals surface area contributed by atoms with E-state index >= 15 is 0 Å². The molecule has 1 aromatic carbocycles. The minimum atomic E-state index is 0.466. The number of aromatic nitrogens is 3. The van der Waals surface area contributed by atoms with Gasteiger partial charge in [-0.15, -0.1) is 0 Å². The van der Waals surface area contributed by atoms with Crippen molar-refractivity contribution in [3.8, 4) is 5.75 Å². The molecule has 118 valence electrons. The molecule has 1 atom stereocenters. The number of anilines is 1. The topological polar surface area (TPSA) is 59.9 Å². The highest BCUT2D eigenvalue weighted by atomic mass is 16.5. The van der Waals surface area contributed by atoms with E-state index in [0.717, 1.165) is 30.0 Å². The van der Waals surface area contributed by atoms with Crippen molar-refractivity contribution in [2.45, 2.75) is 19.3 Å². The summed E-state index contributed by atoms with van der Waals surface area (Å²) in [6.07, 6.45) is 4.35. The molecule has 0 spiro atoms. The van der Waals surface area contributed by atoms with Crippen molar-refractivity contribution in [2.75, 3.05) is 19.0 Å². The molecular formula is C18H20N4O. The van der Waals surface area contributed by atoms with Crippen LogP contribution in [-0.4, -0.2) is 28.6 Å². The summed E-state index contributed by atoms with van der Waals surface area (Å²) >= 11 is 0. The molecule has 3 rings (SSSR count). The molecule has 5 heteroatoms. The third-order valence-corrected chi connectivity index (χ3v) is 3.90. The first-order chi connectivity index (χ1) is 11.3. The maximum atomic E-state index is 5.19. The second-order valence-corrected chi connectivity index (χ2v) is 5.49. The lowest BCUT2D eigenvalue weighted by molar-refractivity contribution is 0.414. The van der Waals surface area contributed by atoms with Crippen LogP contribution in [0.2, 0.25) is 0 Å². The van der Waals surface area contributed by atoms with Crippen molar-refractivity contribution in [3.05, 3.63) is 54.4 Å². The molecule has 23 heavy (non-hydrogen) atoms. The average molecular weight is 308 g/mol. The Kier molecular flexibility index (Phi) is 4.66. The predicted molar refractivity (Wildman–Crippen MR) is 91.8 cm³/mol. The number of methoxy groups -OCH3 is 1. The van der Waals surface area contributed by atoms with Gasteiger partial charge in [0.2, 0.25) is 0 Å². The van der Waals surface area contributed by atoms with Gasteiger partial charge in [0.15, 0.2) is 5.65 Å². The van der Waals surface area contributed by atoms with Crippen LogP contribution in [0.4, 0.5) is 5.82 Å². The van der Waals surface area contributed by atoms with Crippen LogP contribution in [-0.2, 0) is 0 Å². The lowest BCUT2D eigenvalue weighted by atomic mass is 9.98. The van der Waals surface area contributed by atoms with Crippen molar-refractivity contribution >= 4 is 17.0 Å². The molecule has 0 saturated carbocycles. The summed E-state index contributed by atoms with van der Waals surface area (Å²) in [6.45, 7) is 3.08. The molecule has 1 unspecified atom stereocenters. The minimum absolute atomic E-state index is 0.466. The van der Waals surface area contributed by atoms with E-state index in [-0.39, 0.29) is 0 Å². The minimum Gasteiger partial charge on any atom is -0.497 e. The maximum Gasteiger partial charge on any atom is 0.180 e. The predicted octanol–water partition coefficient (Wildman–Crippen LogP) is 3.64. The fourth-order valence-corrected chi connectivity index (χ4v) is 2.47. The Balaban J connectivity index is 1.56. The first-order valence-electron chi connectivity index (χ1n) is 7.72. The van der Waals surface area contributed by atoms with E-state index in [1.807, 2.05) is 24.3 Å². The second kappa shape index (κ2) is 7.05. The Morgan fingerprint density at radius 2 is 1.83 bits per heavy atom. The molecule has 0 aliphatic heterocycles. The monoisotopic (exact) mass is 308 g/mol. The molecule has 2 aromatic heterocycles. The third-order valence-electron chi connectivity index (χ3n) is 3.90. The van der Waals surface area contributed by atoms with Crippen molar-refractivity contribution in [1.82, 2.24) is 15.0 Å². The zero-order valence-corrected chi connectivity index (χ0v) is 13.4. The summed E-state index contributed by atoms with van der Waals surface area (Å²) in [5.41, 5.74) is 2.79. The average Bonchev–Trinajstić information content (AvgIpc) is 2.61. The van der Waals surface area contributed by atoms with E-state index in [9.17, 15) is 0 Å². The number of nitrogens with one attached hydrogen (secondary N) is 1. The number of hydrogen-bond donors (Lipinski definition) is 1. The Labute approximate surface area is 135 Å². The molecule has 0 amide bonds. The van der Waals surface area contributed by atoms with Crippen molar-refractivity contribution in [2.24, 2.45) is 0 Å². The van der Waals surface area contributed by atoms with Gasteiger partial charge in [0, 0.05) is 18.9 Å². The van der Waals surface area contributed by atoms with Crippen LogP contribution < -0.4 is 10.1 Å². The Morgan fingerprint density at radius 1 is 1.04 bits per heavy atom. The highest BCUT2D eigenvalue weighted by Gasteiger charge is 2.06. The molecule has 0 aliphatic rings. The second-order valence-electron chi connectivity index (χ2n) is 5.49.